The van der Waals surface area contributed by atoms with Crippen LogP contribution >= 0.6 is 11.6 Å². The quantitative estimate of drug-likeness (QED) is 0.490. The van der Waals surface area contributed by atoms with E-state index < -0.39 is 9.85 Å². The van der Waals surface area contributed by atoms with Gasteiger partial charge in [-0.05, 0) is 30.4 Å². The Morgan fingerprint density at radius 1 is 0.960 bits per heavy atom. The zero-order valence-corrected chi connectivity index (χ0v) is 13.4. The van der Waals surface area contributed by atoms with Crippen molar-refractivity contribution in [2.24, 2.45) is 0 Å². The van der Waals surface area contributed by atoms with E-state index in [9.17, 15) is 20.2 Å². The Bertz CT molecular complexity index is 1030. The molecule has 0 spiro atoms. The lowest BCUT2D eigenvalue weighted by Gasteiger charge is -2.02. The van der Waals surface area contributed by atoms with Crippen molar-refractivity contribution in [2.75, 3.05) is 0 Å². The number of nitro benzene ring substituents is 2. The molecule has 3 aromatic rings. The van der Waals surface area contributed by atoms with Crippen molar-refractivity contribution in [2.45, 2.75) is 0 Å². The molecular formula is C17H10ClN3O4. The van der Waals surface area contributed by atoms with Gasteiger partial charge in [0.05, 0.1) is 37.7 Å². The van der Waals surface area contributed by atoms with E-state index in [1.54, 1.807) is 12.1 Å². The number of pyridine rings is 1. The van der Waals surface area contributed by atoms with Gasteiger partial charge in [0.25, 0.3) is 11.4 Å². The average Bonchev–Trinajstić information content (AvgIpc) is 2.59. The Hall–Kier alpha value is -3.32. The van der Waals surface area contributed by atoms with E-state index >= 15 is 0 Å². The predicted molar refractivity (Wildman–Crippen MR) is 95.4 cm³/mol. The molecule has 2 aromatic carbocycles. The number of benzene rings is 2. The van der Waals surface area contributed by atoms with Crippen LogP contribution in [-0.2, 0) is 0 Å². The molecule has 3 rings (SSSR count). The Kier molecular flexibility index (Phi) is 4.40. The fourth-order valence-corrected chi connectivity index (χ4v) is 2.63. The summed E-state index contributed by atoms with van der Waals surface area (Å²) in [5.41, 5.74) is 0.777. The van der Waals surface area contributed by atoms with Crippen LogP contribution in [0.1, 0.15) is 11.3 Å². The third kappa shape index (κ3) is 3.46. The molecule has 0 radical (unpaired) electrons. The van der Waals surface area contributed by atoms with E-state index in [0.29, 0.717) is 16.2 Å². The number of fused-ring (bicyclic) bond motifs is 1. The summed E-state index contributed by atoms with van der Waals surface area (Å²) < 4.78 is 0. The molecule has 0 amide bonds. The van der Waals surface area contributed by atoms with Gasteiger partial charge in [0.1, 0.15) is 0 Å². The maximum absolute atomic E-state index is 11.1. The Morgan fingerprint density at radius 3 is 2.44 bits per heavy atom. The second kappa shape index (κ2) is 6.66. The maximum atomic E-state index is 11.1. The minimum absolute atomic E-state index is 0.238. The predicted octanol–water partition coefficient (Wildman–Crippen LogP) is 4.88. The van der Waals surface area contributed by atoms with E-state index in [1.807, 2.05) is 24.3 Å². The van der Waals surface area contributed by atoms with Crippen molar-refractivity contribution in [1.29, 1.82) is 0 Å². The number of nitro groups is 2. The highest BCUT2D eigenvalue weighted by Crippen LogP contribution is 2.27. The molecule has 0 unspecified atom stereocenters. The lowest BCUT2D eigenvalue weighted by molar-refractivity contribution is -0.394. The molecule has 25 heavy (non-hydrogen) atoms. The van der Waals surface area contributed by atoms with Crippen molar-refractivity contribution in [1.82, 2.24) is 4.98 Å². The molecule has 0 aliphatic rings. The molecule has 1 heterocycles. The van der Waals surface area contributed by atoms with Gasteiger partial charge in [-0.3, -0.25) is 20.2 Å². The van der Waals surface area contributed by atoms with Crippen LogP contribution in [0, 0.1) is 20.2 Å². The lowest BCUT2D eigenvalue weighted by atomic mass is 10.1. The Morgan fingerprint density at radius 2 is 1.72 bits per heavy atom. The smallest absolute Gasteiger partial charge is 0.258 e. The van der Waals surface area contributed by atoms with Crippen molar-refractivity contribution < 1.29 is 9.85 Å². The second-order valence-corrected chi connectivity index (χ2v) is 5.54. The molecule has 124 valence electrons. The number of nitrogens with zero attached hydrogens (tertiary/aromatic N) is 3. The number of halogens is 1. The van der Waals surface area contributed by atoms with Gasteiger partial charge in [0.2, 0.25) is 0 Å². The molecule has 0 aliphatic heterocycles. The van der Waals surface area contributed by atoms with Gasteiger partial charge >= 0.3 is 0 Å². The molecule has 0 aliphatic carbocycles. The first-order chi connectivity index (χ1) is 12.0. The topological polar surface area (TPSA) is 99.2 Å². The number of rotatable bonds is 4. The number of hydrogen-bond donors (Lipinski definition) is 0. The summed E-state index contributed by atoms with van der Waals surface area (Å²) in [6, 6.07) is 12.5. The van der Waals surface area contributed by atoms with E-state index in [-0.39, 0.29) is 16.9 Å². The molecule has 8 heteroatoms. The van der Waals surface area contributed by atoms with E-state index in [1.165, 1.54) is 18.2 Å². The fourth-order valence-electron chi connectivity index (χ4n) is 2.36. The largest absolute Gasteiger partial charge is 0.283 e. The molecular weight excluding hydrogens is 346 g/mol. The van der Waals surface area contributed by atoms with E-state index in [2.05, 4.69) is 4.98 Å². The highest BCUT2D eigenvalue weighted by Gasteiger charge is 2.17. The molecule has 0 saturated heterocycles. The minimum atomic E-state index is -0.675. The minimum Gasteiger partial charge on any atom is -0.258 e. The molecule has 0 atom stereocenters. The van der Waals surface area contributed by atoms with Crippen molar-refractivity contribution in [3.05, 3.63) is 85.0 Å². The van der Waals surface area contributed by atoms with Crippen molar-refractivity contribution in [3.63, 3.8) is 0 Å². The van der Waals surface area contributed by atoms with Crippen LogP contribution in [-0.4, -0.2) is 14.8 Å². The first-order valence-corrected chi connectivity index (χ1v) is 7.50. The summed E-state index contributed by atoms with van der Waals surface area (Å²) in [6.07, 6.45) is 3.06. The monoisotopic (exact) mass is 355 g/mol. The number of non-ortho nitro benzene ring substituents is 1. The van der Waals surface area contributed by atoms with Gasteiger partial charge in [-0.1, -0.05) is 29.8 Å². The lowest BCUT2D eigenvalue weighted by Crippen LogP contribution is -1.95. The van der Waals surface area contributed by atoms with Crippen LogP contribution in [0.2, 0.25) is 5.02 Å². The number of para-hydroxylation sites is 1. The van der Waals surface area contributed by atoms with Gasteiger partial charge in [-0.15, -0.1) is 0 Å². The SMILES string of the molecule is O=[N+]([O-])c1ccc(/C=C/c2cc(Cl)c3ccccc3n2)c([N+](=O)[O-])c1. The van der Waals surface area contributed by atoms with E-state index in [4.69, 9.17) is 11.6 Å². The van der Waals surface area contributed by atoms with Crippen LogP contribution in [0.5, 0.6) is 0 Å². The third-order valence-electron chi connectivity index (χ3n) is 3.54. The van der Waals surface area contributed by atoms with Crippen LogP contribution in [0.4, 0.5) is 11.4 Å². The highest BCUT2D eigenvalue weighted by atomic mass is 35.5. The first-order valence-electron chi connectivity index (χ1n) is 7.12. The van der Waals surface area contributed by atoms with Crippen molar-refractivity contribution in [3.8, 4) is 0 Å². The fraction of sp³-hybridized carbons (Fsp3) is 0. The standard InChI is InChI=1S/C17H10ClN3O4/c18-15-9-12(19-16-4-2-1-3-14(15)16)7-5-11-6-8-13(20(22)23)10-17(11)21(24)25/h1-10H/b7-5+. The van der Waals surface area contributed by atoms with Gasteiger partial charge in [-0.25, -0.2) is 4.98 Å². The zero-order chi connectivity index (χ0) is 18.0. The van der Waals surface area contributed by atoms with Gasteiger partial charge in [0, 0.05) is 11.5 Å². The number of hydrogen-bond acceptors (Lipinski definition) is 5. The van der Waals surface area contributed by atoms with Crippen molar-refractivity contribution >= 4 is 46.0 Å². The summed E-state index contributed by atoms with van der Waals surface area (Å²) >= 11 is 6.22. The summed E-state index contributed by atoms with van der Waals surface area (Å²) in [7, 11) is 0. The molecule has 0 fully saturated rings. The van der Waals surface area contributed by atoms with Crippen LogP contribution in [0.15, 0.2) is 48.5 Å². The number of aromatic nitrogens is 1. The highest BCUT2D eigenvalue weighted by molar-refractivity contribution is 6.35. The summed E-state index contributed by atoms with van der Waals surface area (Å²) in [6.45, 7) is 0. The molecule has 7 nitrogen and oxygen atoms in total. The van der Waals surface area contributed by atoms with Crippen LogP contribution in [0.3, 0.4) is 0 Å². The normalized spacial score (nSPS) is 11.1. The summed E-state index contributed by atoms with van der Waals surface area (Å²) in [5, 5.41) is 23.2. The van der Waals surface area contributed by atoms with Gasteiger partial charge < -0.3 is 0 Å². The van der Waals surface area contributed by atoms with E-state index in [0.717, 1.165) is 11.5 Å². The van der Waals surface area contributed by atoms with Gasteiger partial charge in [-0.2, -0.15) is 0 Å². The third-order valence-corrected chi connectivity index (χ3v) is 3.85. The molecule has 0 bridgehead atoms. The first kappa shape index (κ1) is 16.5. The Balaban J connectivity index is 2.02. The van der Waals surface area contributed by atoms with Crippen LogP contribution in [0.25, 0.3) is 23.1 Å². The summed E-state index contributed by atoms with van der Waals surface area (Å²) in [5.74, 6) is 0. The molecule has 0 N–H and O–H groups in total. The second-order valence-electron chi connectivity index (χ2n) is 5.14. The average molecular weight is 356 g/mol. The maximum Gasteiger partial charge on any atom is 0.283 e. The zero-order valence-electron chi connectivity index (χ0n) is 12.6. The Labute approximate surface area is 146 Å². The van der Waals surface area contributed by atoms with Gasteiger partial charge in [0.15, 0.2) is 0 Å². The molecule has 1 aromatic heterocycles. The summed E-state index contributed by atoms with van der Waals surface area (Å²) in [4.78, 5) is 25.0. The molecule has 0 saturated carbocycles. The van der Waals surface area contributed by atoms with Crippen LogP contribution < -0.4 is 0 Å².